The van der Waals surface area contributed by atoms with Gasteiger partial charge in [-0.15, -0.1) is 0 Å². The zero-order valence-corrected chi connectivity index (χ0v) is 10.3. The highest BCUT2D eigenvalue weighted by Gasteiger charge is 2.14. The second kappa shape index (κ2) is 6.91. The highest BCUT2D eigenvalue weighted by molar-refractivity contribution is 5.68. The molecule has 0 amide bonds. The Hall–Kier alpha value is -1.55. The third kappa shape index (κ3) is 4.44. The maximum Gasteiger partial charge on any atom is 0.305 e. The van der Waals surface area contributed by atoms with Gasteiger partial charge in [-0.2, -0.15) is 0 Å². The van der Waals surface area contributed by atoms with Crippen LogP contribution in [0.3, 0.4) is 0 Å². The van der Waals surface area contributed by atoms with Gasteiger partial charge in [-0.3, -0.25) is 4.79 Å². The van der Waals surface area contributed by atoms with Gasteiger partial charge in [0.1, 0.15) is 5.75 Å². The highest BCUT2D eigenvalue weighted by Crippen LogP contribution is 2.21. The van der Waals surface area contributed by atoms with Gasteiger partial charge >= 0.3 is 5.97 Å². The van der Waals surface area contributed by atoms with Gasteiger partial charge in [-0.25, -0.2) is 0 Å². The van der Waals surface area contributed by atoms with Crippen molar-refractivity contribution < 1.29 is 14.6 Å². The van der Waals surface area contributed by atoms with Crippen LogP contribution < -0.4 is 10.1 Å². The second-order valence-electron chi connectivity index (χ2n) is 3.71. The number of benzene rings is 1. The average molecular weight is 237 g/mol. The molecule has 0 saturated carbocycles. The van der Waals surface area contributed by atoms with Crippen LogP contribution in [-0.2, 0) is 4.79 Å². The molecule has 0 saturated heterocycles. The fraction of sp³-hybridized carbons (Fsp3) is 0.462. The molecule has 0 heterocycles. The molecule has 1 aromatic rings. The van der Waals surface area contributed by atoms with Crippen LogP contribution in [0.1, 0.15) is 31.9 Å². The van der Waals surface area contributed by atoms with Crippen molar-refractivity contribution in [3.05, 3.63) is 29.8 Å². The van der Waals surface area contributed by atoms with E-state index >= 15 is 0 Å². The van der Waals surface area contributed by atoms with Gasteiger partial charge in [0.05, 0.1) is 13.0 Å². The Morgan fingerprint density at radius 1 is 1.47 bits per heavy atom. The Labute approximate surface area is 102 Å². The molecule has 0 aliphatic carbocycles. The maximum atomic E-state index is 10.8. The quantitative estimate of drug-likeness (QED) is 0.763. The lowest BCUT2D eigenvalue weighted by Crippen LogP contribution is -2.23. The molecule has 0 fully saturated rings. The first-order valence-corrected chi connectivity index (χ1v) is 5.85. The van der Waals surface area contributed by atoms with Crippen LogP contribution in [0.15, 0.2) is 24.3 Å². The molecular weight excluding hydrogens is 218 g/mol. The highest BCUT2D eigenvalue weighted by atomic mass is 16.5. The summed E-state index contributed by atoms with van der Waals surface area (Å²) < 4.78 is 5.40. The van der Waals surface area contributed by atoms with Crippen LogP contribution in [0.5, 0.6) is 5.75 Å². The molecule has 0 aliphatic rings. The SMILES string of the molecule is CCNC(CC(=O)O)c1cccc(OCC)c1. The topological polar surface area (TPSA) is 58.6 Å². The number of ether oxygens (including phenoxy) is 1. The summed E-state index contributed by atoms with van der Waals surface area (Å²) >= 11 is 0. The smallest absolute Gasteiger partial charge is 0.305 e. The van der Waals surface area contributed by atoms with Crippen LogP contribution in [0.25, 0.3) is 0 Å². The Bertz CT molecular complexity index is 365. The summed E-state index contributed by atoms with van der Waals surface area (Å²) in [6.07, 6.45) is 0.0728. The van der Waals surface area contributed by atoms with E-state index < -0.39 is 5.97 Å². The van der Waals surface area contributed by atoms with Crippen LogP contribution >= 0.6 is 0 Å². The molecule has 17 heavy (non-hydrogen) atoms. The minimum absolute atomic E-state index is 0.0728. The molecule has 4 heteroatoms. The Morgan fingerprint density at radius 2 is 2.24 bits per heavy atom. The monoisotopic (exact) mass is 237 g/mol. The van der Waals surface area contributed by atoms with Crippen molar-refractivity contribution in [1.82, 2.24) is 5.32 Å². The first-order chi connectivity index (χ1) is 8.17. The zero-order chi connectivity index (χ0) is 12.7. The van der Waals surface area contributed by atoms with E-state index in [-0.39, 0.29) is 12.5 Å². The Morgan fingerprint density at radius 3 is 2.82 bits per heavy atom. The molecule has 0 spiro atoms. The molecule has 1 atom stereocenters. The van der Waals surface area contributed by atoms with Crippen LogP contribution in [0.4, 0.5) is 0 Å². The molecule has 0 bridgehead atoms. The summed E-state index contributed by atoms with van der Waals surface area (Å²) in [6.45, 7) is 5.22. The van der Waals surface area contributed by atoms with E-state index in [1.165, 1.54) is 0 Å². The van der Waals surface area contributed by atoms with Crippen molar-refractivity contribution in [2.24, 2.45) is 0 Å². The first-order valence-electron chi connectivity index (χ1n) is 5.85. The van der Waals surface area contributed by atoms with Crippen molar-refractivity contribution in [3.8, 4) is 5.75 Å². The molecule has 1 rings (SSSR count). The third-order valence-corrected chi connectivity index (χ3v) is 2.40. The summed E-state index contributed by atoms with van der Waals surface area (Å²) in [5.74, 6) is -0.0314. The number of carboxylic acid groups (broad SMARTS) is 1. The Kier molecular flexibility index (Phi) is 5.49. The standard InChI is InChI=1S/C13H19NO3/c1-3-14-12(9-13(15)16)10-6-5-7-11(8-10)17-4-2/h5-8,12,14H,3-4,9H2,1-2H3,(H,15,16). The maximum absolute atomic E-state index is 10.8. The summed E-state index contributed by atoms with van der Waals surface area (Å²) in [4.78, 5) is 10.8. The van der Waals surface area contributed by atoms with Gasteiger partial charge in [-0.05, 0) is 31.2 Å². The summed E-state index contributed by atoms with van der Waals surface area (Å²) in [5.41, 5.74) is 0.945. The predicted octanol–water partition coefficient (Wildman–Crippen LogP) is 2.21. The minimum atomic E-state index is -0.808. The molecule has 1 unspecified atom stereocenters. The third-order valence-electron chi connectivity index (χ3n) is 2.40. The van der Waals surface area contributed by atoms with Gasteiger partial charge in [-0.1, -0.05) is 19.1 Å². The number of carbonyl (C=O) groups is 1. The molecule has 1 aromatic carbocycles. The molecular formula is C13H19NO3. The van der Waals surface area contributed by atoms with Gasteiger partial charge in [0, 0.05) is 6.04 Å². The van der Waals surface area contributed by atoms with Crippen molar-refractivity contribution >= 4 is 5.97 Å². The number of nitrogens with one attached hydrogen (secondary N) is 1. The van der Waals surface area contributed by atoms with Crippen molar-refractivity contribution in [2.75, 3.05) is 13.2 Å². The fourth-order valence-electron chi connectivity index (χ4n) is 1.72. The number of hydrogen-bond donors (Lipinski definition) is 2. The lowest BCUT2D eigenvalue weighted by Gasteiger charge is -2.17. The van der Waals surface area contributed by atoms with E-state index in [1.54, 1.807) is 0 Å². The normalized spacial score (nSPS) is 12.1. The van der Waals surface area contributed by atoms with Gasteiger partial charge in [0.2, 0.25) is 0 Å². The molecule has 0 radical (unpaired) electrons. The van der Waals surface area contributed by atoms with Crippen molar-refractivity contribution in [1.29, 1.82) is 0 Å². The van der Waals surface area contributed by atoms with E-state index in [0.717, 1.165) is 17.9 Å². The number of aliphatic carboxylic acids is 1. The summed E-state index contributed by atoms with van der Waals surface area (Å²) in [7, 11) is 0. The van der Waals surface area contributed by atoms with Crippen LogP contribution in [-0.4, -0.2) is 24.2 Å². The van der Waals surface area contributed by atoms with Gasteiger partial charge in [0.25, 0.3) is 0 Å². The molecule has 0 aliphatic heterocycles. The Balaban J connectivity index is 2.84. The average Bonchev–Trinajstić information content (AvgIpc) is 2.29. The lowest BCUT2D eigenvalue weighted by molar-refractivity contribution is -0.137. The fourth-order valence-corrected chi connectivity index (χ4v) is 1.72. The van der Waals surface area contributed by atoms with E-state index in [4.69, 9.17) is 9.84 Å². The summed E-state index contributed by atoms with van der Waals surface area (Å²) in [6, 6.07) is 7.39. The lowest BCUT2D eigenvalue weighted by atomic mass is 10.0. The zero-order valence-electron chi connectivity index (χ0n) is 10.3. The number of hydrogen-bond acceptors (Lipinski definition) is 3. The van der Waals surface area contributed by atoms with Crippen LogP contribution in [0.2, 0.25) is 0 Å². The molecule has 94 valence electrons. The van der Waals surface area contributed by atoms with E-state index in [9.17, 15) is 4.79 Å². The van der Waals surface area contributed by atoms with E-state index in [1.807, 2.05) is 38.1 Å². The largest absolute Gasteiger partial charge is 0.494 e. The number of carboxylic acids is 1. The molecule has 4 nitrogen and oxygen atoms in total. The molecule has 2 N–H and O–H groups in total. The summed E-state index contributed by atoms with van der Waals surface area (Å²) in [5, 5.41) is 12.0. The second-order valence-corrected chi connectivity index (χ2v) is 3.71. The first kappa shape index (κ1) is 13.5. The minimum Gasteiger partial charge on any atom is -0.494 e. The molecule has 0 aromatic heterocycles. The van der Waals surface area contributed by atoms with E-state index in [2.05, 4.69) is 5.32 Å². The van der Waals surface area contributed by atoms with Gasteiger partial charge in [0.15, 0.2) is 0 Å². The number of rotatable bonds is 7. The van der Waals surface area contributed by atoms with E-state index in [0.29, 0.717) is 6.61 Å². The van der Waals surface area contributed by atoms with Gasteiger partial charge < -0.3 is 15.2 Å². The van der Waals surface area contributed by atoms with Crippen LogP contribution in [0, 0.1) is 0 Å². The van der Waals surface area contributed by atoms with Crippen molar-refractivity contribution in [2.45, 2.75) is 26.3 Å². The van der Waals surface area contributed by atoms with Crippen molar-refractivity contribution in [3.63, 3.8) is 0 Å². The predicted molar refractivity (Wildman–Crippen MR) is 66.3 cm³/mol.